The Morgan fingerprint density at radius 2 is 1.94 bits per heavy atom. The summed E-state index contributed by atoms with van der Waals surface area (Å²) in [5, 5.41) is 20.6. The monoisotopic (exact) mass is 243 g/mol. The van der Waals surface area contributed by atoms with Gasteiger partial charge in [0.2, 0.25) is 5.91 Å². The van der Waals surface area contributed by atoms with Gasteiger partial charge in [-0.25, -0.2) is 0 Å². The molecule has 3 N–H and O–H groups in total. The molecule has 1 rings (SSSR count). The summed E-state index contributed by atoms with van der Waals surface area (Å²) in [6.07, 6.45) is 0.914. The molecule has 1 aliphatic carbocycles. The topological polar surface area (TPSA) is 86.6 Å². The maximum absolute atomic E-state index is 11.8. The Bertz CT molecular complexity index is 308. The number of aliphatic carboxylic acids is 1. The number of carboxylic acid groups (broad SMARTS) is 1. The lowest BCUT2D eigenvalue weighted by molar-refractivity contribution is -0.140. The van der Waals surface area contributed by atoms with Crippen LogP contribution in [-0.2, 0) is 9.59 Å². The van der Waals surface area contributed by atoms with Crippen LogP contribution in [0.15, 0.2) is 0 Å². The van der Waals surface area contributed by atoms with Gasteiger partial charge < -0.3 is 15.5 Å². The zero-order valence-electron chi connectivity index (χ0n) is 10.6. The SMILES string of the molecule is CC(C)(C)C(CCO)NC(=O)[C@@H]1C[C@@H]1C(=O)O. The first-order valence-electron chi connectivity index (χ1n) is 5.91. The van der Waals surface area contributed by atoms with Crippen molar-refractivity contribution in [1.82, 2.24) is 5.32 Å². The second kappa shape index (κ2) is 5.04. The number of hydrogen-bond acceptors (Lipinski definition) is 3. The standard InChI is InChI=1S/C12H21NO4/c1-12(2,3)9(4-5-14)13-10(15)7-6-8(7)11(16)17/h7-9,14H,4-6H2,1-3H3,(H,13,15)(H,16,17)/t7-,8+,9?/m1/s1. The van der Waals surface area contributed by atoms with Gasteiger partial charge in [-0.3, -0.25) is 9.59 Å². The second-order valence-corrected chi connectivity index (χ2v) is 5.73. The van der Waals surface area contributed by atoms with E-state index in [2.05, 4.69) is 5.32 Å². The normalized spacial score (nSPS) is 25.2. The number of aliphatic hydroxyl groups excluding tert-OH is 1. The summed E-state index contributed by atoms with van der Waals surface area (Å²) in [4.78, 5) is 22.5. The minimum atomic E-state index is -0.903. The smallest absolute Gasteiger partial charge is 0.307 e. The maximum Gasteiger partial charge on any atom is 0.307 e. The summed E-state index contributed by atoms with van der Waals surface area (Å²) in [6, 6.07) is -0.130. The van der Waals surface area contributed by atoms with E-state index in [1.165, 1.54) is 0 Å². The molecule has 0 aliphatic heterocycles. The minimum absolute atomic E-state index is 0.00917. The molecule has 1 aliphatic rings. The fourth-order valence-electron chi connectivity index (χ4n) is 1.89. The summed E-state index contributed by atoms with van der Waals surface area (Å²) in [5.41, 5.74) is -0.147. The predicted octanol–water partition coefficient (Wildman–Crippen LogP) is 0.620. The Hall–Kier alpha value is -1.10. The third kappa shape index (κ3) is 3.70. The molecular formula is C12H21NO4. The lowest BCUT2D eigenvalue weighted by Gasteiger charge is -2.31. The quantitative estimate of drug-likeness (QED) is 0.660. The summed E-state index contributed by atoms with van der Waals surface area (Å²) in [7, 11) is 0. The molecule has 0 bridgehead atoms. The van der Waals surface area contributed by atoms with Gasteiger partial charge in [-0.15, -0.1) is 0 Å². The Labute approximate surface area is 101 Å². The van der Waals surface area contributed by atoms with E-state index >= 15 is 0 Å². The molecule has 0 aromatic heterocycles. The van der Waals surface area contributed by atoms with Gasteiger partial charge in [0.1, 0.15) is 0 Å². The summed E-state index contributed by atoms with van der Waals surface area (Å²) in [5.74, 6) is -2.02. The lowest BCUT2D eigenvalue weighted by Crippen LogP contribution is -2.45. The van der Waals surface area contributed by atoms with Crippen molar-refractivity contribution in [3.8, 4) is 0 Å². The first kappa shape index (κ1) is 14.0. The van der Waals surface area contributed by atoms with Crippen LogP contribution >= 0.6 is 0 Å². The van der Waals surface area contributed by atoms with E-state index in [0.29, 0.717) is 12.8 Å². The van der Waals surface area contributed by atoms with Gasteiger partial charge in [-0.2, -0.15) is 0 Å². The van der Waals surface area contributed by atoms with E-state index in [9.17, 15) is 9.59 Å². The van der Waals surface area contributed by atoms with Crippen LogP contribution in [0.3, 0.4) is 0 Å². The Balaban J connectivity index is 2.52. The first-order chi connectivity index (χ1) is 7.77. The van der Waals surface area contributed by atoms with Gasteiger partial charge in [-0.05, 0) is 18.3 Å². The Kier molecular flexibility index (Phi) is 4.14. The molecule has 0 spiro atoms. The van der Waals surface area contributed by atoms with Crippen LogP contribution in [-0.4, -0.2) is 34.7 Å². The molecule has 98 valence electrons. The number of rotatable bonds is 5. The van der Waals surface area contributed by atoms with E-state index in [-0.39, 0.29) is 24.0 Å². The van der Waals surface area contributed by atoms with Gasteiger partial charge >= 0.3 is 5.97 Å². The van der Waals surface area contributed by atoms with Crippen LogP contribution in [0, 0.1) is 17.3 Å². The summed E-state index contributed by atoms with van der Waals surface area (Å²) in [6.45, 7) is 5.95. The van der Waals surface area contributed by atoms with Crippen molar-refractivity contribution in [2.24, 2.45) is 17.3 Å². The molecule has 3 atom stereocenters. The van der Waals surface area contributed by atoms with Gasteiger partial charge in [0, 0.05) is 12.6 Å². The number of nitrogens with one attached hydrogen (secondary N) is 1. The Morgan fingerprint density at radius 1 is 1.35 bits per heavy atom. The van der Waals surface area contributed by atoms with Crippen LogP contribution in [0.2, 0.25) is 0 Å². The molecule has 0 heterocycles. The highest BCUT2D eigenvalue weighted by molar-refractivity contribution is 5.89. The maximum atomic E-state index is 11.8. The second-order valence-electron chi connectivity index (χ2n) is 5.73. The van der Waals surface area contributed by atoms with Crippen LogP contribution in [0.4, 0.5) is 0 Å². The van der Waals surface area contributed by atoms with Crippen LogP contribution in [0.1, 0.15) is 33.6 Å². The van der Waals surface area contributed by atoms with E-state index in [1.54, 1.807) is 0 Å². The fraction of sp³-hybridized carbons (Fsp3) is 0.833. The average molecular weight is 243 g/mol. The highest BCUT2D eigenvalue weighted by atomic mass is 16.4. The van der Waals surface area contributed by atoms with Crippen molar-refractivity contribution >= 4 is 11.9 Å². The minimum Gasteiger partial charge on any atom is -0.481 e. The van der Waals surface area contributed by atoms with Gasteiger partial charge in [0.25, 0.3) is 0 Å². The third-order valence-electron chi connectivity index (χ3n) is 3.22. The van der Waals surface area contributed by atoms with Crippen molar-refractivity contribution in [2.45, 2.75) is 39.7 Å². The molecule has 0 radical (unpaired) electrons. The zero-order valence-corrected chi connectivity index (χ0v) is 10.6. The van der Waals surface area contributed by atoms with Crippen molar-refractivity contribution < 1.29 is 19.8 Å². The van der Waals surface area contributed by atoms with Crippen molar-refractivity contribution in [3.63, 3.8) is 0 Å². The largest absolute Gasteiger partial charge is 0.481 e. The average Bonchev–Trinajstić information content (AvgIpc) is 2.94. The van der Waals surface area contributed by atoms with E-state index in [4.69, 9.17) is 10.2 Å². The van der Waals surface area contributed by atoms with Gasteiger partial charge in [0.05, 0.1) is 11.8 Å². The van der Waals surface area contributed by atoms with E-state index in [0.717, 1.165) is 0 Å². The molecule has 1 saturated carbocycles. The van der Waals surface area contributed by atoms with Crippen molar-refractivity contribution in [3.05, 3.63) is 0 Å². The van der Waals surface area contributed by atoms with E-state index in [1.807, 2.05) is 20.8 Å². The van der Waals surface area contributed by atoms with Crippen molar-refractivity contribution in [2.75, 3.05) is 6.61 Å². The van der Waals surface area contributed by atoms with Crippen molar-refractivity contribution in [1.29, 1.82) is 0 Å². The third-order valence-corrected chi connectivity index (χ3v) is 3.22. The molecule has 0 aromatic rings. The Morgan fingerprint density at radius 3 is 2.29 bits per heavy atom. The number of carbonyl (C=O) groups excluding carboxylic acids is 1. The number of amides is 1. The molecular weight excluding hydrogens is 222 g/mol. The molecule has 5 nitrogen and oxygen atoms in total. The highest BCUT2D eigenvalue weighted by Gasteiger charge is 2.49. The summed E-state index contributed by atoms with van der Waals surface area (Å²) < 4.78 is 0. The summed E-state index contributed by atoms with van der Waals surface area (Å²) >= 11 is 0. The van der Waals surface area contributed by atoms with Gasteiger partial charge in [0.15, 0.2) is 0 Å². The highest BCUT2D eigenvalue weighted by Crippen LogP contribution is 2.39. The molecule has 0 saturated heterocycles. The van der Waals surface area contributed by atoms with E-state index < -0.39 is 17.8 Å². The number of aliphatic hydroxyl groups is 1. The van der Waals surface area contributed by atoms with Crippen LogP contribution in [0.25, 0.3) is 0 Å². The van der Waals surface area contributed by atoms with Crippen LogP contribution < -0.4 is 5.32 Å². The fourth-order valence-corrected chi connectivity index (χ4v) is 1.89. The molecule has 1 amide bonds. The lowest BCUT2D eigenvalue weighted by atomic mass is 9.85. The number of hydrogen-bond donors (Lipinski definition) is 3. The molecule has 0 aromatic carbocycles. The number of carboxylic acids is 1. The van der Waals surface area contributed by atoms with Gasteiger partial charge in [-0.1, -0.05) is 20.8 Å². The molecule has 5 heteroatoms. The first-order valence-corrected chi connectivity index (χ1v) is 5.91. The zero-order chi connectivity index (χ0) is 13.2. The molecule has 1 unspecified atom stereocenters. The number of carbonyl (C=O) groups is 2. The predicted molar refractivity (Wildman–Crippen MR) is 62.3 cm³/mol. The van der Waals surface area contributed by atoms with Crippen LogP contribution in [0.5, 0.6) is 0 Å². The molecule has 1 fully saturated rings. The molecule has 17 heavy (non-hydrogen) atoms.